The van der Waals surface area contributed by atoms with Crippen LogP contribution in [-0.4, -0.2) is 10.2 Å². The van der Waals surface area contributed by atoms with Crippen molar-refractivity contribution in [3.8, 4) is 22.6 Å². The van der Waals surface area contributed by atoms with Gasteiger partial charge < -0.3 is 10.2 Å². The van der Waals surface area contributed by atoms with Crippen molar-refractivity contribution in [2.45, 2.75) is 20.8 Å². The van der Waals surface area contributed by atoms with E-state index in [0.717, 1.165) is 27.8 Å². The normalized spacial score (nSPS) is 10.5. The summed E-state index contributed by atoms with van der Waals surface area (Å²) in [4.78, 5) is 0. The lowest BCUT2D eigenvalue weighted by atomic mass is 9.91. The fourth-order valence-electron chi connectivity index (χ4n) is 2.20. The van der Waals surface area contributed by atoms with Crippen LogP contribution in [-0.2, 0) is 0 Å². The molecule has 2 nitrogen and oxygen atoms in total. The highest BCUT2D eigenvalue weighted by Crippen LogP contribution is 2.39. The SMILES string of the molecule is Cc1cccc(O)c1-c1c(C)ccc(O)c1C. The lowest BCUT2D eigenvalue weighted by Crippen LogP contribution is -1.92. The summed E-state index contributed by atoms with van der Waals surface area (Å²) in [6.45, 7) is 5.80. The van der Waals surface area contributed by atoms with E-state index >= 15 is 0 Å². The van der Waals surface area contributed by atoms with Crippen LogP contribution in [0, 0.1) is 20.8 Å². The topological polar surface area (TPSA) is 40.5 Å². The second-order valence-corrected chi connectivity index (χ2v) is 4.37. The Balaban J connectivity index is 2.82. The molecule has 2 heteroatoms. The van der Waals surface area contributed by atoms with Crippen LogP contribution in [0.1, 0.15) is 16.7 Å². The van der Waals surface area contributed by atoms with Gasteiger partial charge in [0.05, 0.1) is 0 Å². The van der Waals surface area contributed by atoms with Gasteiger partial charge >= 0.3 is 0 Å². The van der Waals surface area contributed by atoms with Crippen molar-refractivity contribution in [3.05, 3.63) is 47.0 Å². The summed E-state index contributed by atoms with van der Waals surface area (Å²) < 4.78 is 0. The third kappa shape index (κ3) is 1.86. The minimum absolute atomic E-state index is 0.252. The maximum absolute atomic E-state index is 10.0. The smallest absolute Gasteiger partial charge is 0.123 e. The van der Waals surface area contributed by atoms with Crippen LogP contribution in [0.25, 0.3) is 11.1 Å². The molecule has 0 heterocycles. The van der Waals surface area contributed by atoms with Crippen LogP contribution in [0.2, 0.25) is 0 Å². The highest BCUT2D eigenvalue weighted by atomic mass is 16.3. The van der Waals surface area contributed by atoms with E-state index in [4.69, 9.17) is 0 Å². The van der Waals surface area contributed by atoms with E-state index < -0.39 is 0 Å². The lowest BCUT2D eigenvalue weighted by molar-refractivity contribution is 0.470. The van der Waals surface area contributed by atoms with Gasteiger partial charge in [-0.2, -0.15) is 0 Å². The Hall–Kier alpha value is -1.96. The summed E-state index contributed by atoms with van der Waals surface area (Å²) in [5.74, 6) is 0.509. The van der Waals surface area contributed by atoms with Crippen LogP contribution in [0.5, 0.6) is 11.5 Å². The van der Waals surface area contributed by atoms with Crippen molar-refractivity contribution < 1.29 is 10.2 Å². The molecule has 0 aliphatic carbocycles. The monoisotopic (exact) mass is 228 g/mol. The summed E-state index contributed by atoms with van der Waals surface area (Å²) in [6.07, 6.45) is 0. The van der Waals surface area contributed by atoms with E-state index in [2.05, 4.69) is 0 Å². The van der Waals surface area contributed by atoms with Crippen molar-refractivity contribution >= 4 is 0 Å². The number of hydrogen-bond acceptors (Lipinski definition) is 2. The summed E-state index contributed by atoms with van der Waals surface area (Å²) in [5, 5.41) is 19.8. The standard InChI is InChI=1S/C15H16O2/c1-9-5-4-6-13(17)15(9)14-10(2)7-8-12(16)11(14)3/h4-8,16-17H,1-3H3. The van der Waals surface area contributed by atoms with Gasteiger partial charge in [-0.25, -0.2) is 0 Å². The van der Waals surface area contributed by atoms with Crippen molar-refractivity contribution in [2.75, 3.05) is 0 Å². The molecule has 0 aliphatic rings. The molecule has 0 spiro atoms. The number of phenols is 2. The summed E-state index contributed by atoms with van der Waals surface area (Å²) >= 11 is 0. The lowest BCUT2D eigenvalue weighted by Gasteiger charge is -2.15. The van der Waals surface area contributed by atoms with Crippen LogP contribution >= 0.6 is 0 Å². The van der Waals surface area contributed by atoms with Crippen LogP contribution < -0.4 is 0 Å². The van der Waals surface area contributed by atoms with Gasteiger partial charge in [0.2, 0.25) is 0 Å². The van der Waals surface area contributed by atoms with Crippen molar-refractivity contribution in [1.82, 2.24) is 0 Å². The Bertz CT molecular complexity index is 551. The van der Waals surface area contributed by atoms with E-state index in [1.54, 1.807) is 12.1 Å². The molecule has 0 bridgehead atoms. The van der Waals surface area contributed by atoms with E-state index in [0.29, 0.717) is 0 Å². The fraction of sp³-hybridized carbons (Fsp3) is 0.200. The zero-order valence-corrected chi connectivity index (χ0v) is 10.3. The predicted octanol–water partition coefficient (Wildman–Crippen LogP) is 3.69. The molecule has 0 amide bonds. The molecule has 0 unspecified atom stereocenters. The molecule has 0 aromatic heterocycles. The zero-order valence-electron chi connectivity index (χ0n) is 10.3. The summed E-state index contributed by atoms with van der Waals surface area (Å²) in [5.41, 5.74) is 4.57. The molecule has 0 radical (unpaired) electrons. The molecule has 2 aromatic rings. The number of benzene rings is 2. The van der Waals surface area contributed by atoms with Gasteiger partial charge in [0.1, 0.15) is 11.5 Å². The minimum Gasteiger partial charge on any atom is -0.508 e. The van der Waals surface area contributed by atoms with E-state index in [9.17, 15) is 10.2 Å². The van der Waals surface area contributed by atoms with Gasteiger partial charge in [-0.3, -0.25) is 0 Å². The molecule has 17 heavy (non-hydrogen) atoms. The van der Waals surface area contributed by atoms with E-state index in [1.165, 1.54) is 0 Å². The highest BCUT2D eigenvalue weighted by Gasteiger charge is 2.14. The van der Waals surface area contributed by atoms with Crippen LogP contribution in [0.4, 0.5) is 0 Å². The summed E-state index contributed by atoms with van der Waals surface area (Å²) in [6, 6.07) is 9.00. The summed E-state index contributed by atoms with van der Waals surface area (Å²) in [7, 11) is 0. The molecule has 0 aliphatic heterocycles. The van der Waals surface area contributed by atoms with Gasteiger partial charge in [0.15, 0.2) is 0 Å². The number of aryl methyl sites for hydroxylation is 2. The van der Waals surface area contributed by atoms with Gasteiger partial charge in [0, 0.05) is 5.56 Å². The van der Waals surface area contributed by atoms with E-state index in [1.807, 2.05) is 39.0 Å². The average molecular weight is 228 g/mol. The first-order chi connectivity index (χ1) is 8.02. The molecular weight excluding hydrogens is 212 g/mol. The number of hydrogen-bond donors (Lipinski definition) is 2. The first-order valence-electron chi connectivity index (χ1n) is 5.60. The maximum atomic E-state index is 10.0. The van der Waals surface area contributed by atoms with Crippen molar-refractivity contribution in [2.24, 2.45) is 0 Å². The van der Waals surface area contributed by atoms with Crippen LogP contribution in [0.15, 0.2) is 30.3 Å². The number of phenolic OH excluding ortho intramolecular Hbond substituents is 2. The van der Waals surface area contributed by atoms with Gasteiger partial charge in [-0.1, -0.05) is 18.2 Å². The third-order valence-corrected chi connectivity index (χ3v) is 3.15. The molecule has 2 N–H and O–H groups in total. The van der Waals surface area contributed by atoms with Crippen LogP contribution in [0.3, 0.4) is 0 Å². The largest absolute Gasteiger partial charge is 0.508 e. The second-order valence-electron chi connectivity index (χ2n) is 4.37. The Morgan fingerprint density at radius 3 is 2.00 bits per heavy atom. The second kappa shape index (κ2) is 4.13. The highest BCUT2D eigenvalue weighted by molar-refractivity contribution is 5.80. The van der Waals surface area contributed by atoms with Gasteiger partial charge in [-0.05, 0) is 55.2 Å². The Kier molecular flexibility index (Phi) is 2.80. The molecule has 0 saturated heterocycles. The fourth-order valence-corrected chi connectivity index (χ4v) is 2.20. The Morgan fingerprint density at radius 1 is 0.706 bits per heavy atom. The van der Waals surface area contributed by atoms with Crippen molar-refractivity contribution in [1.29, 1.82) is 0 Å². The Morgan fingerprint density at radius 2 is 1.35 bits per heavy atom. The molecule has 2 aromatic carbocycles. The number of aromatic hydroxyl groups is 2. The first kappa shape index (κ1) is 11.5. The van der Waals surface area contributed by atoms with Gasteiger partial charge in [0.25, 0.3) is 0 Å². The zero-order chi connectivity index (χ0) is 12.6. The van der Waals surface area contributed by atoms with E-state index in [-0.39, 0.29) is 11.5 Å². The Labute approximate surface area is 101 Å². The molecule has 0 atom stereocenters. The average Bonchev–Trinajstić information content (AvgIpc) is 2.28. The maximum Gasteiger partial charge on any atom is 0.123 e. The first-order valence-corrected chi connectivity index (χ1v) is 5.60. The third-order valence-electron chi connectivity index (χ3n) is 3.15. The predicted molar refractivity (Wildman–Crippen MR) is 69.4 cm³/mol. The molecule has 2 rings (SSSR count). The molecular formula is C15H16O2. The minimum atomic E-state index is 0.252. The molecule has 0 fully saturated rings. The number of rotatable bonds is 1. The van der Waals surface area contributed by atoms with Gasteiger partial charge in [-0.15, -0.1) is 0 Å². The quantitative estimate of drug-likeness (QED) is 0.781. The molecule has 88 valence electrons. The van der Waals surface area contributed by atoms with Crippen molar-refractivity contribution in [3.63, 3.8) is 0 Å². The molecule has 0 saturated carbocycles.